The molecule has 1 N–H and O–H groups in total. The van der Waals surface area contributed by atoms with Crippen molar-refractivity contribution in [1.82, 2.24) is 10.2 Å². The van der Waals surface area contributed by atoms with Gasteiger partial charge in [0.25, 0.3) is 0 Å². The summed E-state index contributed by atoms with van der Waals surface area (Å²) < 4.78 is 0. The topological polar surface area (TPSA) is 32.3 Å². The lowest BCUT2D eigenvalue weighted by atomic mass is 9.99. The molecule has 106 valence electrons. The fourth-order valence-corrected chi connectivity index (χ4v) is 2.53. The standard InChI is InChI=1S/C15H30N2O/c1-7-11(5)9-17-14(10(3)4)16-13(15(17)18)12(6)8-2/h10-14,16H,7-9H2,1-6H3. The first-order valence-corrected chi connectivity index (χ1v) is 7.48. The average Bonchev–Trinajstić information content (AvgIpc) is 2.66. The number of carbonyl (C=O) groups excluding carboxylic acids is 1. The minimum atomic E-state index is 0.0199. The Hall–Kier alpha value is -0.570. The number of hydrogen-bond donors (Lipinski definition) is 1. The highest BCUT2D eigenvalue weighted by Crippen LogP contribution is 2.24. The van der Waals surface area contributed by atoms with Crippen LogP contribution in [0.4, 0.5) is 0 Å². The Balaban J connectivity index is 2.81. The van der Waals surface area contributed by atoms with E-state index in [4.69, 9.17) is 0 Å². The van der Waals surface area contributed by atoms with Crippen molar-refractivity contribution < 1.29 is 4.79 Å². The zero-order valence-electron chi connectivity index (χ0n) is 12.9. The molecule has 0 spiro atoms. The minimum Gasteiger partial charge on any atom is -0.325 e. The van der Waals surface area contributed by atoms with Crippen LogP contribution in [0.3, 0.4) is 0 Å². The van der Waals surface area contributed by atoms with Gasteiger partial charge in [-0.15, -0.1) is 0 Å². The Morgan fingerprint density at radius 1 is 1.17 bits per heavy atom. The third-order valence-electron chi connectivity index (χ3n) is 4.28. The van der Waals surface area contributed by atoms with Crippen LogP contribution in [0.25, 0.3) is 0 Å². The summed E-state index contributed by atoms with van der Waals surface area (Å²) in [4.78, 5) is 14.6. The van der Waals surface area contributed by atoms with Crippen LogP contribution >= 0.6 is 0 Å². The van der Waals surface area contributed by atoms with E-state index in [-0.39, 0.29) is 12.2 Å². The number of amides is 1. The van der Waals surface area contributed by atoms with Gasteiger partial charge in [0, 0.05) is 6.54 Å². The third kappa shape index (κ3) is 3.25. The Kier molecular flexibility index (Phi) is 5.64. The Morgan fingerprint density at radius 2 is 1.78 bits per heavy atom. The number of nitrogens with zero attached hydrogens (tertiary/aromatic N) is 1. The van der Waals surface area contributed by atoms with Crippen LogP contribution in [0.2, 0.25) is 0 Å². The average molecular weight is 254 g/mol. The van der Waals surface area contributed by atoms with Crippen molar-refractivity contribution in [2.75, 3.05) is 6.54 Å². The smallest absolute Gasteiger partial charge is 0.241 e. The lowest BCUT2D eigenvalue weighted by Gasteiger charge is -2.29. The summed E-state index contributed by atoms with van der Waals surface area (Å²) in [6.45, 7) is 14.0. The first kappa shape index (κ1) is 15.5. The van der Waals surface area contributed by atoms with E-state index in [0.29, 0.717) is 23.7 Å². The Bertz CT molecular complexity index is 278. The SMILES string of the molecule is CCC(C)CN1C(=O)C(C(C)CC)NC1C(C)C. The molecule has 1 rings (SSSR count). The Morgan fingerprint density at radius 3 is 2.22 bits per heavy atom. The highest BCUT2D eigenvalue weighted by molar-refractivity contribution is 5.84. The summed E-state index contributed by atoms with van der Waals surface area (Å²) in [5.41, 5.74) is 0. The summed E-state index contributed by atoms with van der Waals surface area (Å²) in [5.74, 6) is 1.77. The second-order valence-corrected chi connectivity index (χ2v) is 6.22. The van der Waals surface area contributed by atoms with E-state index in [9.17, 15) is 4.79 Å². The zero-order valence-corrected chi connectivity index (χ0v) is 12.9. The first-order chi connectivity index (χ1) is 8.42. The van der Waals surface area contributed by atoms with E-state index in [2.05, 4.69) is 51.8 Å². The van der Waals surface area contributed by atoms with Crippen molar-refractivity contribution in [3.63, 3.8) is 0 Å². The normalized spacial score (nSPS) is 27.9. The molecule has 1 aliphatic heterocycles. The highest BCUT2D eigenvalue weighted by Gasteiger charge is 2.42. The van der Waals surface area contributed by atoms with Crippen molar-refractivity contribution in [2.45, 2.75) is 66.6 Å². The lowest BCUT2D eigenvalue weighted by Crippen LogP contribution is -2.43. The molecule has 3 heteroatoms. The molecule has 1 fully saturated rings. The minimum absolute atomic E-state index is 0.0199. The molecule has 0 aliphatic carbocycles. The van der Waals surface area contributed by atoms with E-state index in [1.165, 1.54) is 0 Å². The molecule has 1 heterocycles. The highest BCUT2D eigenvalue weighted by atomic mass is 16.2. The van der Waals surface area contributed by atoms with Gasteiger partial charge >= 0.3 is 0 Å². The molecule has 4 atom stereocenters. The van der Waals surface area contributed by atoms with Crippen LogP contribution in [-0.4, -0.2) is 29.6 Å². The van der Waals surface area contributed by atoms with Crippen molar-refractivity contribution in [2.24, 2.45) is 17.8 Å². The molecule has 4 unspecified atom stereocenters. The lowest BCUT2D eigenvalue weighted by molar-refractivity contribution is -0.131. The maximum atomic E-state index is 12.5. The van der Waals surface area contributed by atoms with Gasteiger partial charge in [0.2, 0.25) is 5.91 Å². The first-order valence-electron chi connectivity index (χ1n) is 7.48. The summed E-state index contributed by atoms with van der Waals surface area (Å²) in [6.07, 6.45) is 2.39. The number of hydrogen-bond acceptors (Lipinski definition) is 2. The number of nitrogens with one attached hydrogen (secondary N) is 1. The summed E-state index contributed by atoms with van der Waals surface area (Å²) in [5, 5.41) is 3.55. The van der Waals surface area contributed by atoms with Crippen LogP contribution in [0.1, 0.15) is 54.4 Å². The molecule has 0 saturated carbocycles. The second kappa shape index (κ2) is 6.55. The maximum Gasteiger partial charge on any atom is 0.241 e. The van der Waals surface area contributed by atoms with Crippen LogP contribution in [0.5, 0.6) is 0 Å². The van der Waals surface area contributed by atoms with E-state index in [1.807, 2.05) is 0 Å². The van der Waals surface area contributed by atoms with Gasteiger partial charge in [-0.05, 0) is 17.8 Å². The van der Waals surface area contributed by atoms with Gasteiger partial charge < -0.3 is 4.90 Å². The predicted molar refractivity (Wildman–Crippen MR) is 76.2 cm³/mol. The van der Waals surface area contributed by atoms with Gasteiger partial charge in [-0.3, -0.25) is 10.1 Å². The van der Waals surface area contributed by atoms with Crippen LogP contribution in [0.15, 0.2) is 0 Å². The van der Waals surface area contributed by atoms with Crippen LogP contribution in [-0.2, 0) is 4.79 Å². The molecule has 0 radical (unpaired) electrons. The maximum absolute atomic E-state index is 12.5. The van der Waals surface area contributed by atoms with Gasteiger partial charge in [0.05, 0.1) is 12.2 Å². The van der Waals surface area contributed by atoms with Crippen molar-refractivity contribution in [1.29, 1.82) is 0 Å². The molecule has 0 aromatic rings. The van der Waals surface area contributed by atoms with E-state index >= 15 is 0 Å². The molecule has 1 aliphatic rings. The molecule has 1 saturated heterocycles. The fourth-order valence-electron chi connectivity index (χ4n) is 2.53. The van der Waals surface area contributed by atoms with Gasteiger partial charge in [-0.1, -0.05) is 54.4 Å². The monoisotopic (exact) mass is 254 g/mol. The summed E-state index contributed by atoms with van der Waals surface area (Å²) >= 11 is 0. The fraction of sp³-hybridized carbons (Fsp3) is 0.933. The van der Waals surface area contributed by atoms with Crippen molar-refractivity contribution in [3.8, 4) is 0 Å². The summed E-state index contributed by atoms with van der Waals surface area (Å²) in [6, 6.07) is 0.0199. The molecule has 18 heavy (non-hydrogen) atoms. The van der Waals surface area contributed by atoms with Gasteiger partial charge in [-0.25, -0.2) is 0 Å². The van der Waals surface area contributed by atoms with E-state index in [0.717, 1.165) is 19.4 Å². The number of rotatable bonds is 6. The Labute approximate surface area is 112 Å². The molecule has 0 aromatic heterocycles. The van der Waals surface area contributed by atoms with Crippen LogP contribution < -0.4 is 5.32 Å². The molecule has 0 bridgehead atoms. The molecular formula is C15H30N2O. The van der Waals surface area contributed by atoms with Crippen molar-refractivity contribution >= 4 is 5.91 Å². The second-order valence-electron chi connectivity index (χ2n) is 6.22. The largest absolute Gasteiger partial charge is 0.325 e. The zero-order chi connectivity index (χ0) is 13.9. The van der Waals surface area contributed by atoms with Gasteiger partial charge in [0.1, 0.15) is 0 Å². The van der Waals surface area contributed by atoms with Crippen molar-refractivity contribution in [3.05, 3.63) is 0 Å². The molecule has 1 amide bonds. The predicted octanol–water partition coefficient (Wildman–Crippen LogP) is 2.86. The molecule has 0 aromatic carbocycles. The summed E-state index contributed by atoms with van der Waals surface area (Å²) in [7, 11) is 0. The van der Waals surface area contributed by atoms with Gasteiger partial charge in [0.15, 0.2) is 0 Å². The van der Waals surface area contributed by atoms with Crippen LogP contribution in [0, 0.1) is 17.8 Å². The van der Waals surface area contributed by atoms with Gasteiger partial charge in [-0.2, -0.15) is 0 Å². The van der Waals surface area contributed by atoms with E-state index in [1.54, 1.807) is 0 Å². The number of carbonyl (C=O) groups is 1. The molecule has 3 nitrogen and oxygen atoms in total. The molecular weight excluding hydrogens is 224 g/mol. The third-order valence-corrected chi connectivity index (χ3v) is 4.28. The quantitative estimate of drug-likeness (QED) is 0.790. The van der Waals surface area contributed by atoms with E-state index < -0.39 is 0 Å².